The highest BCUT2D eigenvalue weighted by atomic mass is 32.1. The molecule has 0 saturated heterocycles. The fourth-order valence-electron chi connectivity index (χ4n) is 3.29. The van der Waals surface area contributed by atoms with Crippen LogP contribution in [0.25, 0.3) is 5.69 Å². The number of aromatic nitrogens is 2. The van der Waals surface area contributed by atoms with Gasteiger partial charge in [-0.05, 0) is 49.3 Å². The Labute approximate surface area is 155 Å². The first-order chi connectivity index (χ1) is 12.7. The van der Waals surface area contributed by atoms with Gasteiger partial charge in [0.15, 0.2) is 4.77 Å². The normalized spacial score (nSPS) is 12.6. The molecule has 0 unspecified atom stereocenters. The smallest absolute Gasteiger partial charge is 0.282 e. The Hall–Kier alpha value is -2.99. The van der Waals surface area contributed by atoms with Gasteiger partial charge in [0.05, 0.1) is 5.69 Å². The van der Waals surface area contributed by atoms with E-state index in [-0.39, 0.29) is 11.5 Å². The van der Waals surface area contributed by atoms with E-state index in [0.29, 0.717) is 21.7 Å². The molecule has 1 aliphatic heterocycles. The molecular formula is C20H17N3O2S. The highest BCUT2D eigenvalue weighted by Gasteiger charge is 2.23. The van der Waals surface area contributed by atoms with E-state index >= 15 is 0 Å². The molecule has 130 valence electrons. The van der Waals surface area contributed by atoms with Gasteiger partial charge in [0.2, 0.25) is 0 Å². The van der Waals surface area contributed by atoms with Crippen LogP contribution < -0.4 is 10.9 Å². The van der Waals surface area contributed by atoms with Crippen LogP contribution in [0.5, 0.6) is 0 Å². The molecule has 26 heavy (non-hydrogen) atoms. The molecular weight excluding hydrogens is 346 g/mol. The van der Waals surface area contributed by atoms with E-state index in [1.54, 1.807) is 24.3 Å². The molecule has 2 heterocycles. The maximum Gasteiger partial charge on any atom is 0.282 e. The Morgan fingerprint density at radius 3 is 2.35 bits per heavy atom. The Balaban J connectivity index is 1.88. The summed E-state index contributed by atoms with van der Waals surface area (Å²) in [5.41, 5.74) is 2.03. The largest absolute Gasteiger partial charge is 0.320 e. The Bertz CT molecular complexity index is 1090. The van der Waals surface area contributed by atoms with Crippen molar-refractivity contribution in [2.75, 3.05) is 5.32 Å². The number of anilines is 1. The molecule has 1 amide bonds. The third kappa shape index (κ3) is 2.78. The predicted octanol–water partition coefficient (Wildman–Crippen LogP) is 3.57. The van der Waals surface area contributed by atoms with Crippen LogP contribution in [-0.2, 0) is 13.0 Å². The first kappa shape index (κ1) is 16.5. The quantitative estimate of drug-likeness (QED) is 0.724. The molecule has 0 fully saturated rings. The topological polar surface area (TPSA) is 56.0 Å². The minimum absolute atomic E-state index is 0.293. The summed E-state index contributed by atoms with van der Waals surface area (Å²) in [5.74, 6) is -0.297. The number of benzene rings is 2. The molecule has 0 atom stereocenters. The number of amides is 1. The standard InChI is InChI=1S/C20H17N3O2S/c24-18(14-8-3-1-4-9-14)21-17-16-12-7-13-22(16)20(26)23(19(17)25)15-10-5-2-6-11-15/h1-6,8-11H,7,12-13H2,(H,21,24). The fourth-order valence-corrected chi connectivity index (χ4v) is 3.68. The minimum atomic E-state index is -0.297. The number of carbonyl (C=O) groups excluding carboxylic acids is 1. The van der Waals surface area contributed by atoms with E-state index in [0.717, 1.165) is 25.1 Å². The van der Waals surface area contributed by atoms with Crippen molar-refractivity contribution in [2.24, 2.45) is 0 Å². The third-order valence-electron chi connectivity index (χ3n) is 4.54. The van der Waals surface area contributed by atoms with Gasteiger partial charge in [0.1, 0.15) is 5.69 Å². The van der Waals surface area contributed by atoms with Crippen molar-refractivity contribution < 1.29 is 4.79 Å². The lowest BCUT2D eigenvalue weighted by molar-refractivity contribution is 0.102. The number of nitrogens with zero attached hydrogens (tertiary/aromatic N) is 2. The van der Waals surface area contributed by atoms with Gasteiger partial charge < -0.3 is 9.88 Å². The molecule has 0 spiro atoms. The highest BCUT2D eigenvalue weighted by molar-refractivity contribution is 7.71. The number of carbonyl (C=O) groups is 1. The van der Waals surface area contributed by atoms with Crippen LogP contribution in [0.15, 0.2) is 65.5 Å². The number of hydrogen-bond acceptors (Lipinski definition) is 3. The molecule has 0 saturated carbocycles. The zero-order valence-electron chi connectivity index (χ0n) is 14.0. The lowest BCUT2D eigenvalue weighted by atomic mass is 10.2. The second kappa shape index (κ2) is 6.72. The van der Waals surface area contributed by atoms with Crippen molar-refractivity contribution in [1.29, 1.82) is 0 Å². The van der Waals surface area contributed by atoms with Gasteiger partial charge in [0, 0.05) is 17.8 Å². The van der Waals surface area contributed by atoms with Crippen LogP contribution in [0.4, 0.5) is 5.69 Å². The van der Waals surface area contributed by atoms with Crippen LogP contribution in [0.2, 0.25) is 0 Å². The summed E-state index contributed by atoms with van der Waals surface area (Å²) in [5, 5.41) is 2.82. The summed E-state index contributed by atoms with van der Waals surface area (Å²) in [7, 11) is 0. The van der Waals surface area contributed by atoms with Crippen LogP contribution in [0, 0.1) is 4.77 Å². The summed E-state index contributed by atoms with van der Waals surface area (Å²) in [6.07, 6.45) is 1.62. The van der Waals surface area contributed by atoms with Crippen molar-refractivity contribution in [3.63, 3.8) is 0 Å². The fraction of sp³-hybridized carbons (Fsp3) is 0.150. The van der Waals surface area contributed by atoms with E-state index in [1.165, 1.54) is 4.57 Å². The lowest BCUT2D eigenvalue weighted by Crippen LogP contribution is -2.30. The maximum absolute atomic E-state index is 13.2. The van der Waals surface area contributed by atoms with Gasteiger partial charge in [-0.15, -0.1) is 0 Å². The van der Waals surface area contributed by atoms with E-state index in [4.69, 9.17) is 12.2 Å². The number of fused-ring (bicyclic) bond motifs is 1. The molecule has 2 aromatic carbocycles. The SMILES string of the molecule is O=C(Nc1c2n(c(=S)n(-c3ccccc3)c1=O)CCC2)c1ccccc1. The van der Waals surface area contributed by atoms with Crippen molar-refractivity contribution in [2.45, 2.75) is 19.4 Å². The van der Waals surface area contributed by atoms with Crippen molar-refractivity contribution in [3.8, 4) is 5.69 Å². The number of rotatable bonds is 3. The van der Waals surface area contributed by atoms with E-state index in [2.05, 4.69) is 5.32 Å². The molecule has 1 aliphatic rings. The van der Waals surface area contributed by atoms with Gasteiger partial charge >= 0.3 is 0 Å². The molecule has 4 rings (SSSR count). The van der Waals surface area contributed by atoms with Crippen LogP contribution >= 0.6 is 12.2 Å². The summed E-state index contributed by atoms with van der Waals surface area (Å²) >= 11 is 5.57. The Morgan fingerprint density at radius 2 is 1.65 bits per heavy atom. The zero-order chi connectivity index (χ0) is 18.1. The predicted molar refractivity (Wildman–Crippen MR) is 104 cm³/mol. The van der Waals surface area contributed by atoms with E-state index in [9.17, 15) is 9.59 Å². The molecule has 5 nitrogen and oxygen atoms in total. The Morgan fingerprint density at radius 1 is 1.00 bits per heavy atom. The molecule has 0 aliphatic carbocycles. The maximum atomic E-state index is 13.2. The van der Waals surface area contributed by atoms with Gasteiger partial charge in [-0.3, -0.25) is 14.2 Å². The summed E-state index contributed by atoms with van der Waals surface area (Å²) in [4.78, 5) is 25.8. The monoisotopic (exact) mass is 363 g/mol. The second-order valence-corrected chi connectivity index (χ2v) is 6.52. The third-order valence-corrected chi connectivity index (χ3v) is 4.94. The number of hydrogen-bond donors (Lipinski definition) is 1. The first-order valence-corrected chi connectivity index (χ1v) is 8.88. The van der Waals surface area contributed by atoms with Crippen LogP contribution in [0.1, 0.15) is 22.5 Å². The summed E-state index contributed by atoms with van der Waals surface area (Å²) in [6, 6.07) is 18.1. The molecule has 6 heteroatoms. The average Bonchev–Trinajstić information content (AvgIpc) is 3.17. The van der Waals surface area contributed by atoms with Crippen LogP contribution in [-0.4, -0.2) is 15.0 Å². The summed E-state index contributed by atoms with van der Waals surface area (Å²) in [6.45, 7) is 0.746. The Kier molecular flexibility index (Phi) is 4.26. The lowest BCUT2D eigenvalue weighted by Gasteiger charge is -2.16. The second-order valence-electron chi connectivity index (χ2n) is 6.16. The number of para-hydroxylation sites is 1. The van der Waals surface area contributed by atoms with Crippen molar-refractivity contribution in [1.82, 2.24) is 9.13 Å². The van der Waals surface area contributed by atoms with Crippen molar-refractivity contribution >= 4 is 23.8 Å². The molecule has 1 N–H and O–H groups in total. The van der Waals surface area contributed by atoms with Gasteiger partial charge in [-0.1, -0.05) is 36.4 Å². The van der Waals surface area contributed by atoms with E-state index in [1.807, 2.05) is 41.0 Å². The van der Waals surface area contributed by atoms with Crippen molar-refractivity contribution in [3.05, 3.63) is 87.0 Å². The molecule has 3 aromatic rings. The molecule has 1 aromatic heterocycles. The van der Waals surface area contributed by atoms with Gasteiger partial charge in [-0.25, -0.2) is 0 Å². The highest BCUT2D eigenvalue weighted by Crippen LogP contribution is 2.23. The van der Waals surface area contributed by atoms with Crippen LogP contribution in [0.3, 0.4) is 0 Å². The average molecular weight is 363 g/mol. The first-order valence-electron chi connectivity index (χ1n) is 8.47. The minimum Gasteiger partial charge on any atom is -0.320 e. The van der Waals surface area contributed by atoms with Gasteiger partial charge in [-0.2, -0.15) is 0 Å². The molecule has 0 bridgehead atoms. The summed E-state index contributed by atoms with van der Waals surface area (Å²) < 4.78 is 3.90. The zero-order valence-corrected chi connectivity index (χ0v) is 14.8. The number of nitrogens with one attached hydrogen (secondary N) is 1. The molecule has 0 radical (unpaired) electrons. The van der Waals surface area contributed by atoms with Gasteiger partial charge in [0.25, 0.3) is 11.5 Å². The van der Waals surface area contributed by atoms with E-state index < -0.39 is 0 Å².